The maximum atomic E-state index is 12.8. The molecule has 8 heteroatoms. The quantitative estimate of drug-likeness (QED) is 0.761. The van der Waals surface area contributed by atoms with Crippen molar-refractivity contribution in [2.75, 3.05) is 11.3 Å². The van der Waals surface area contributed by atoms with E-state index < -0.39 is 15.9 Å². The van der Waals surface area contributed by atoms with Crippen molar-refractivity contribution in [1.82, 2.24) is 0 Å². The molecule has 1 aliphatic rings. The molecule has 0 bridgehead atoms. The normalized spacial score (nSPS) is 14.7. The van der Waals surface area contributed by atoms with E-state index in [1.54, 1.807) is 12.1 Å². The minimum absolute atomic E-state index is 0.113. The van der Waals surface area contributed by atoms with E-state index in [4.69, 9.17) is 10.5 Å². The van der Waals surface area contributed by atoms with Crippen LogP contribution in [0.1, 0.15) is 53.4 Å². The number of nitrogens with two attached hydrogens (primary N) is 1. The van der Waals surface area contributed by atoms with Gasteiger partial charge in [0, 0.05) is 4.88 Å². The maximum Gasteiger partial charge on any atom is 0.262 e. The van der Waals surface area contributed by atoms with Gasteiger partial charge in [0.15, 0.2) is 0 Å². The number of anilines is 1. The van der Waals surface area contributed by atoms with Gasteiger partial charge in [-0.15, -0.1) is 11.3 Å². The van der Waals surface area contributed by atoms with E-state index in [1.165, 1.54) is 23.5 Å². The van der Waals surface area contributed by atoms with E-state index in [0.29, 0.717) is 22.9 Å². The van der Waals surface area contributed by atoms with E-state index >= 15 is 0 Å². The first kappa shape index (κ1) is 19.7. The number of amides is 1. The van der Waals surface area contributed by atoms with Gasteiger partial charge in [0.1, 0.15) is 10.8 Å². The summed E-state index contributed by atoms with van der Waals surface area (Å²) in [6, 6.07) is 6.20. The van der Waals surface area contributed by atoms with Crippen molar-refractivity contribution in [2.24, 2.45) is 5.73 Å². The number of nitrogens with one attached hydrogen (secondary N) is 1. The highest BCUT2D eigenvalue weighted by atomic mass is 32.2. The summed E-state index contributed by atoms with van der Waals surface area (Å²) in [5.74, 6) is 0.0193. The average molecular weight is 409 g/mol. The number of hydrogen-bond donors (Lipinski definition) is 2. The number of carbonyl (C=O) groups is 1. The Morgan fingerprint density at radius 2 is 1.81 bits per heavy atom. The van der Waals surface area contributed by atoms with Crippen molar-refractivity contribution < 1.29 is 17.9 Å². The number of ether oxygens (including phenoxy) is 1. The van der Waals surface area contributed by atoms with Gasteiger partial charge >= 0.3 is 0 Å². The van der Waals surface area contributed by atoms with Crippen LogP contribution in [0.5, 0.6) is 5.75 Å². The van der Waals surface area contributed by atoms with Crippen molar-refractivity contribution in [3.63, 3.8) is 0 Å². The monoisotopic (exact) mass is 408 g/mol. The van der Waals surface area contributed by atoms with E-state index in [1.807, 2.05) is 6.92 Å². The third-order valence-electron chi connectivity index (χ3n) is 4.59. The Bertz CT molecular complexity index is 918. The first-order valence-corrected chi connectivity index (χ1v) is 11.4. The lowest BCUT2D eigenvalue weighted by Gasteiger charge is -2.11. The molecular weight excluding hydrogens is 384 g/mol. The van der Waals surface area contributed by atoms with Gasteiger partial charge < -0.3 is 10.5 Å². The molecule has 1 aliphatic carbocycles. The molecule has 0 spiro atoms. The smallest absolute Gasteiger partial charge is 0.262 e. The number of hydrogen-bond acceptors (Lipinski definition) is 5. The molecule has 2 aromatic rings. The standard InChI is InChI=1S/C19H24N2O4S2/c1-2-25-13-9-11-14(12-10-13)27(23,24)21-19-17(18(20)22)15-7-5-3-4-6-8-16(15)26-19/h9-12,21H,2-8H2,1H3,(H2,20,22). The Kier molecular flexibility index (Phi) is 6.06. The van der Waals surface area contributed by atoms with Crippen LogP contribution >= 0.6 is 11.3 Å². The predicted molar refractivity (Wildman–Crippen MR) is 107 cm³/mol. The van der Waals surface area contributed by atoms with Crippen LogP contribution in [0.4, 0.5) is 5.00 Å². The van der Waals surface area contributed by atoms with E-state index in [9.17, 15) is 13.2 Å². The van der Waals surface area contributed by atoms with Crippen molar-refractivity contribution >= 4 is 32.3 Å². The highest BCUT2D eigenvalue weighted by molar-refractivity contribution is 7.93. The molecule has 0 aliphatic heterocycles. The summed E-state index contributed by atoms with van der Waals surface area (Å²) < 4.78 is 33.5. The predicted octanol–water partition coefficient (Wildman–Crippen LogP) is 3.71. The van der Waals surface area contributed by atoms with Gasteiger partial charge in [0.25, 0.3) is 15.9 Å². The van der Waals surface area contributed by atoms with Crippen LogP contribution in [-0.2, 0) is 22.9 Å². The number of rotatable bonds is 6. The van der Waals surface area contributed by atoms with Gasteiger partial charge in [0.2, 0.25) is 0 Å². The second-order valence-electron chi connectivity index (χ2n) is 6.50. The highest BCUT2D eigenvalue weighted by Gasteiger charge is 2.26. The zero-order valence-corrected chi connectivity index (χ0v) is 16.9. The summed E-state index contributed by atoms with van der Waals surface area (Å²) in [6.07, 6.45) is 5.89. The lowest BCUT2D eigenvalue weighted by atomic mass is 9.96. The summed E-state index contributed by atoms with van der Waals surface area (Å²) >= 11 is 1.33. The number of sulfonamides is 1. The molecule has 0 fully saturated rings. The highest BCUT2D eigenvalue weighted by Crippen LogP contribution is 2.38. The SMILES string of the molecule is CCOc1ccc(S(=O)(=O)Nc2sc3c(c2C(N)=O)CCCCCC3)cc1. The van der Waals surface area contributed by atoms with E-state index in [-0.39, 0.29) is 4.90 Å². The second kappa shape index (κ2) is 8.31. The Labute approximate surface area is 163 Å². The van der Waals surface area contributed by atoms with Crippen LogP contribution in [-0.4, -0.2) is 20.9 Å². The zero-order valence-electron chi connectivity index (χ0n) is 15.3. The van der Waals surface area contributed by atoms with Crippen LogP contribution in [0, 0.1) is 0 Å². The number of aryl methyl sites for hydroxylation is 1. The molecule has 0 atom stereocenters. The molecule has 0 saturated heterocycles. The summed E-state index contributed by atoms with van der Waals surface area (Å²) in [7, 11) is -3.82. The molecule has 27 heavy (non-hydrogen) atoms. The largest absolute Gasteiger partial charge is 0.494 e. The molecule has 146 valence electrons. The number of carbonyl (C=O) groups excluding carboxylic acids is 1. The van der Waals surface area contributed by atoms with Gasteiger partial charge in [-0.1, -0.05) is 12.8 Å². The maximum absolute atomic E-state index is 12.8. The molecule has 0 unspecified atom stereocenters. The van der Waals surface area contributed by atoms with Crippen LogP contribution in [0.15, 0.2) is 29.2 Å². The fourth-order valence-corrected chi connectivity index (χ4v) is 5.91. The molecule has 0 saturated carbocycles. The van der Waals surface area contributed by atoms with Crippen molar-refractivity contribution in [2.45, 2.75) is 50.3 Å². The van der Waals surface area contributed by atoms with Gasteiger partial charge in [-0.2, -0.15) is 0 Å². The van der Waals surface area contributed by atoms with Crippen molar-refractivity contribution in [3.05, 3.63) is 40.3 Å². The molecule has 3 N–H and O–H groups in total. The summed E-state index contributed by atoms with van der Waals surface area (Å²) in [5, 5.41) is 0.322. The number of benzene rings is 1. The summed E-state index contributed by atoms with van der Waals surface area (Å²) in [4.78, 5) is 13.2. The first-order valence-electron chi connectivity index (χ1n) is 9.12. The molecule has 1 amide bonds. The Hall–Kier alpha value is -2.06. The Morgan fingerprint density at radius 3 is 2.44 bits per heavy atom. The van der Waals surface area contributed by atoms with Gasteiger partial charge in [-0.05, 0) is 62.4 Å². The molecule has 1 heterocycles. The minimum atomic E-state index is -3.82. The molecule has 6 nitrogen and oxygen atoms in total. The topological polar surface area (TPSA) is 98.5 Å². The lowest BCUT2D eigenvalue weighted by Crippen LogP contribution is -2.18. The van der Waals surface area contributed by atoms with E-state index in [2.05, 4.69) is 4.72 Å². The fourth-order valence-electron chi connectivity index (χ4n) is 3.31. The van der Waals surface area contributed by atoms with Gasteiger partial charge in [0.05, 0.1) is 17.1 Å². The van der Waals surface area contributed by atoms with Crippen LogP contribution in [0.3, 0.4) is 0 Å². The minimum Gasteiger partial charge on any atom is -0.494 e. The molecular formula is C19H24N2O4S2. The number of thiophene rings is 1. The first-order chi connectivity index (χ1) is 12.9. The third kappa shape index (κ3) is 4.44. The zero-order chi connectivity index (χ0) is 19.4. The molecule has 1 aromatic heterocycles. The van der Waals surface area contributed by atoms with Gasteiger partial charge in [-0.3, -0.25) is 9.52 Å². The van der Waals surface area contributed by atoms with E-state index in [0.717, 1.165) is 49.0 Å². The molecule has 1 aromatic carbocycles. The second-order valence-corrected chi connectivity index (χ2v) is 9.28. The average Bonchev–Trinajstić information content (AvgIpc) is 2.91. The Balaban J connectivity index is 1.93. The van der Waals surface area contributed by atoms with Crippen LogP contribution < -0.4 is 15.2 Å². The lowest BCUT2D eigenvalue weighted by molar-refractivity contribution is 0.100. The summed E-state index contributed by atoms with van der Waals surface area (Å²) in [5.41, 5.74) is 6.84. The fraction of sp³-hybridized carbons (Fsp3) is 0.421. The number of fused-ring (bicyclic) bond motifs is 1. The third-order valence-corrected chi connectivity index (χ3v) is 7.29. The van der Waals surface area contributed by atoms with Gasteiger partial charge in [-0.25, -0.2) is 8.42 Å². The molecule has 3 rings (SSSR count). The van der Waals surface area contributed by atoms with Crippen LogP contribution in [0.2, 0.25) is 0 Å². The Morgan fingerprint density at radius 1 is 1.15 bits per heavy atom. The number of primary amides is 1. The van der Waals surface area contributed by atoms with Crippen molar-refractivity contribution in [1.29, 1.82) is 0 Å². The summed E-state index contributed by atoms with van der Waals surface area (Å²) in [6.45, 7) is 2.37. The van der Waals surface area contributed by atoms with Crippen molar-refractivity contribution in [3.8, 4) is 5.75 Å². The van der Waals surface area contributed by atoms with Crippen LogP contribution in [0.25, 0.3) is 0 Å². The molecule has 0 radical (unpaired) electrons.